The van der Waals surface area contributed by atoms with Gasteiger partial charge in [0.05, 0.1) is 6.10 Å². The first kappa shape index (κ1) is 10.9. The quantitative estimate of drug-likeness (QED) is 0.785. The smallest absolute Gasteiger partial charge is 0.138 e. The molecule has 2 nitrogen and oxygen atoms in total. The van der Waals surface area contributed by atoms with E-state index in [2.05, 4.69) is 0 Å². The fourth-order valence-corrected chi connectivity index (χ4v) is 2.70. The summed E-state index contributed by atoms with van der Waals surface area (Å²) in [5, 5.41) is 10.8. The van der Waals surface area contributed by atoms with E-state index in [1.807, 2.05) is 12.2 Å². The molecule has 15 heavy (non-hydrogen) atoms. The lowest BCUT2D eigenvalue weighted by Crippen LogP contribution is -2.32. The molecule has 2 aliphatic rings. The molecular weight excluding hydrogens is 212 g/mol. The molecule has 0 heterocycles. The van der Waals surface area contributed by atoms with Gasteiger partial charge in [-0.25, -0.2) is 0 Å². The molecule has 2 rings (SSSR count). The second-order valence-corrected chi connectivity index (χ2v) is 4.71. The minimum Gasteiger partial charge on any atom is -0.392 e. The number of carbonyl (C=O) groups is 1. The van der Waals surface area contributed by atoms with Crippen molar-refractivity contribution in [2.24, 2.45) is 11.8 Å². The Bertz CT molecular complexity index is 320. The minimum atomic E-state index is -0.603. The molecule has 0 aromatic carbocycles. The summed E-state index contributed by atoms with van der Waals surface area (Å²) in [6.45, 7) is 0. The summed E-state index contributed by atoms with van der Waals surface area (Å²) in [6.07, 6.45) is 8.15. The third-order valence-corrected chi connectivity index (χ3v) is 3.72. The van der Waals surface area contributed by atoms with Crippen LogP contribution in [0.4, 0.5) is 0 Å². The zero-order valence-corrected chi connectivity index (χ0v) is 9.28. The summed E-state index contributed by atoms with van der Waals surface area (Å²) < 4.78 is 0. The van der Waals surface area contributed by atoms with Crippen LogP contribution in [-0.2, 0) is 4.79 Å². The number of hydrogen-bond acceptors (Lipinski definition) is 2. The van der Waals surface area contributed by atoms with Crippen LogP contribution in [0.2, 0.25) is 0 Å². The number of Topliss-reactive ketones (excluding diaryl/α,β-unsaturated/α-hetero) is 1. The van der Waals surface area contributed by atoms with E-state index in [1.165, 1.54) is 0 Å². The number of halogens is 1. The van der Waals surface area contributed by atoms with Gasteiger partial charge in [-0.1, -0.05) is 23.8 Å². The van der Waals surface area contributed by atoms with Crippen molar-refractivity contribution < 1.29 is 9.90 Å². The Morgan fingerprint density at radius 3 is 2.87 bits per heavy atom. The molecule has 1 unspecified atom stereocenters. The lowest BCUT2D eigenvalue weighted by Gasteiger charge is -2.26. The van der Waals surface area contributed by atoms with Crippen LogP contribution in [0.15, 0.2) is 23.3 Å². The highest BCUT2D eigenvalue weighted by atomic mass is 35.5. The SMILES string of the molecule is O=C1CCC[C@H]1[C@@H](O)C1CC=CC=C1Cl. The molecule has 1 saturated carbocycles. The van der Waals surface area contributed by atoms with Gasteiger partial charge in [-0.2, -0.15) is 0 Å². The number of aliphatic hydroxyl groups is 1. The van der Waals surface area contributed by atoms with E-state index in [1.54, 1.807) is 6.08 Å². The van der Waals surface area contributed by atoms with Gasteiger partial charge in [-0.3, -0.25) is 4.79 Å². The van der Waals surface area contributed by atoms with E-state index in [4.69, 9.17) is 11.6 Å². The van der Waals surface area contributed by atoms with Crippen molar-refractivity contribution in [1.82, 2.24) is 0 Å². The molecule has 3 atom stereocenters. The lowest BCUT2D eigenvalue weighted by atomic mass is 9.85. The van der Waals surface area contributed by atoms with E-state index in [0.717, 1.165) is 19.3 Å². The molecule has 0 aromatic heterocycles. The Morgan fingerprint density at radius 2 is 2.27 bits per heavy atom. The number of rotatable bonds is 2. The van der Waals surface area contributed by atoms with Crippen molar-refractivity contribution in [1.29, 1.82) is 0 Å². The number of allylic oxidation sites excluding steroid dienone is 3. The first-order valence-corrected chi connectivity index (χ1v) is 5.81. The van der Waals surface area contributed by atoms with Gasteiger partial charge in [-0.05, 0) is 25.3 Å². The average Bonchev–Trinajstić information content (AvgIpc) is 2.64. The highest BCUT2D eigenvalue weighted by Gasteiger charge is 2.36. The summed E-state index contributed by atoms with van der Waals surface area (Å²) >= 11 is 6.04. The minimum absolute atomic E-state index is 0.0799. The zero-order chi connectivity index (χ0) is 10.8. The topological polar surface area (TPSA) is 37.3 Å². The fourth-order valence-electron chi connectivity index (χ4n) is 2.41. The number of ketones is 1. The molecule has 2 aliphatic carbocycles. The van der Waals surface area contributed by atoms with Crippen LogP contribution < -0.4 is 0 Å². The highest BCUT2D eigenvalue weighted by molar-refractivity contribution is 6.30. The van der Waals surface area contributed by atoms with Gasteiger partial charge < -0.3 is 5.11 Å². The molecule has 0 bridgehead atoms. The van der Waals surface area contributed by atoms with Crippen molar-refractivity contribution in [3.8, 4) is 0 Å². The first-order valence-electron chi connectivity index (χ1n) is 5.43. The predicted octanol–water partition coefficient (Wildman–Crippen LogP) is 2.42. The Labute approximate surface area is 94.6 Å². The van der Waals surface area contributed by atoms with E-state index in [9.17, 15) is 9.90 Å². The third kappa shape index (κ3) is 2.16. The third-order valence-electron chi connectivity index (χ3n) is 3.31. The number of aliphatic hydroxyl groups excluding tert-OH is 1. The average molecular weight is 227 g/mol. The predicted molar refractivity (Wildman–Crippen MR) is 59.5 cm³/mol. The van der Waals surface area contributed by atoms with Crippen molar-refractivity contribution in [2.75, 3.05) is 0 Å². The maximum atomic E-state index is 11.5. The van der Waals surface area contributed by atoms with E-state index >= 15 is 0 Å². The second kappa shape index (κ2) is 4.50. The van der Waals surface area contributed by atoms with Gasteiger partial charge in [0, 0.05) is 23.3 Å². The maximum Gasteiger partial charge on any atom is 0.138 e. The van der Waals surface area contributed by atoms with E-state index < -0.39 is 6.10 Å². The Morgan fingerprint density at radius 1 is 1.47 bits per heavy atom. The van der Waals surface area contributed by atoms with Crippen molar-refractivity contribution in [3.05, 3.63) is 23.3 Å². The van der Waals surface area contributed by atoms with Crippen LogP contribution >= 0.6 is 11.6 Å². The Kier molecular flexibility index (Phi) is 3.27. The van der Waals surface area contributed by atoms with Crippen LogP contribution in [0.3, 0.4) is 0 Å². The normalized spacial score (nSPS) is 32.9. The molecule has 1 N–H and O–H groups in total. The molecule has 0 spiro atoms. The van der Waals surface area contributed by atoms with Crippen LogP contribution in [0, 0.1) is 11.8 Å². The van der Waals surface area contributed by atoms with Crippen LogP contribution in [0.25, 0.3) is 0 Å². The Balaban J connectivity index is 2.07. The summed E-state index contributed by atoms with van der Waals surface area (Å²) in [6, 6.07) is 0. The molecule has 0 aliphatic heterocycles. The number of hydrogen-bond donors (Lipinski definition) is 1. The summed E-state index contributed by atoms with van der Waals surface area (Å²) in [5.41, 5.74) is 0. The maximum absolute atomic E-state index is 11.5. The van der Waals surface area contributed by atoms with Gasteiger partial charge in [-0.15, -0.1) is 0 Å². The van der Waals surface area contributed by atoms with Crippen molar-refractivity contribution in [2.45, 2.75) is 31.8 Å². The molecule has 0 amide bonds. The molecule has 82 valence electrons. The van der Waals surface area contributed by atoms with Gasteiger partial charge >= 0.3 is 0 Å². The van der Waals surface area contributed by atoms with Gasteiger partial charge in [0.25, 0.3) is 0 Å². The van der Waals surface area contributed by atoms with E-state index in [-0.39, 0.29) is 17.6 Å². The van der Waals surface area contributed by atoms with Gasteiger partial charge in [0.2, 0.25) is 0 Å². The molecule has 0 radical (unpaired) electrons. The highest BCUT2D eigenvalue weighted by Crippen LogP contribution is 2.35. The van der Waals surface area contributed by atoms with Gasteiger partial charge in [0.1, 0.15) is 5.78 Å². The Hall–Kier alpha value is -0.600. The van der Waals surface area contributed by atoms with Crippen LogP contribution in [0.5, 0.6) is 0 Å². The van der Waals surface area contributed by atoms with E-state index in [0.29, 0.717) is 11.5 Å². The van der Waals surface area contributed by atoms with Crippen molar-refractivity contribution >= 4 is 17.4 Å². The lowest BCUT2D eigenvalue weighted by molar-refractivity contribution is -0.124. The molecular formula is C12H15ClO2. The largest absolute Gasteiger partial charge is 0.392 e. The zero-order valence-electron chi connectivity index (χ0n) is 8.53. The summed E-state index contributed by atoms with van der Waals surface area (Å²) in [5.74, 6) is -0.0751. The first-order chi connectivity index (χ1) is 7.20. The standard InChI is InChI=1S/C12H15ClO2/c13-10-6-2-1-4-8(10)12(15)9-5-3-7-11(9)14/h1-2,6,8-9,12,15H,3-5,7H2/t8?,9-,12+/m1/s1. The van der Waals surface area contributed by atoms with Crippen molar-refractivity contribution in [3.63, 3.8) is 0 Å². The molecule has 1 fully saturated rings. The fraction of sp³-hybridized carbons (Fsp3) is 0.583. The second-order valence-electron chi connectivity index (χ2n) is 4.28. The summed E-state index contributed by atoms with van der Waals surface area (Å²) in [7, 11) is 0. The number of carbonyl (C=O) groups excluding carboxylic acids is 1. The summed E-state index contributed by atoms with van der Waals surface area (Å²) in [4.78, 5) is 11.5. The van der Waals surface area contributed by atoms with Gasteiger partial charge in [0.15, 0.2) is 0 Å². The van der Waals surface area contributed by atoms with Crippen LogP contribution in [0.1, 0.15) is 25.7 Å². The van der Waals surface area contributed by atoms with Crippen LogP contribution in [-0.4, -0.2) is 17.0 Å². The molecule has 0 saturated heterocycles. The monoisotopic (exact) mass is 226 g/mol. The molecule has 3 heteroatoms. The molecule has 0 aromatic rings.